The molecule has 32 heavy (non-hydrogen) atoms. The molecular formula is C21H27N9O2. The number of aromatic nitrogens is 6. The van der Waals surface area contributed by atoms with Gasteiger partial charge >= 0.3 is 0 Å². The number of nitrogens with zero attached hydrogens (tertiary/aromatic N) is 6. The van der Waals surface area contributed by atoms with Crippen molar-refractivity contribution in [3.8, 4) is 5.95 Å². The first kappa shape index (κ1) is 21.6. The number of benzene rings is 1. The monoisotopic (exact) mass is 437 g/mol. The molecule has 0 bridgehead atoms. The topological polar surface area (TPSA) is 134 Å². The molecule has 0 spiro atoms. The van der Waals surface area contributed by atoms with Gasteiger partial charge in [-0.15, -0.1) is 15.3 Å². The molecule has 11 heteroatoms. The quantitative estimate of drug-likeness (QED) is 0.553. The number of rotatable bonds is 3. The molecule has 1 aliphatic rings. The van der Waals surface area contributed by atoms with Gasteiger partial charge in [0.1, 0.15) is 12.7 Å². The maximum atomic E-state index is 13.1. The van der Waals surface area contributed by atoms with E-state index >= 15 is 0 Å². The van der Waals surface area contributed by atoms with Crippen LogP contribution in [0.25, 0.3) is 5.95 Å². The number of carbonyl (C=O) groups excluding carboxylic acids is 2. The number of hydrogen-bond acceptors (Lipinski definition) is 7. The molecule has 3 N–H and O–H groups in total. The van der Waals surface area contributed by atoms with E-state index in [9.17, 15) is 9.59 Å². The van der Waals surface area contributed by atoms with Crippen LogP contribution in [0, 0.1) is 0 Å². The average molecular weight is 438 g/mol. The minimum absolute atomic E-state index is 0.0294. The molecule has 1 fully saturated rings. The Morgan fingerprint density at radius 1 is 1.00 bits per heavy atom. The Morgan fingerprint density at radius 3 is 2.59 bits per heavy atom. The number of amides is 2. The highest BCUT2D eigenvalue weighted by atomic mass is 16.2. The molecule has 1 aliphatic heterocycles. The molecule has 4 rings (SSSR count). The summed E-state index contributed by atoms with van der Waals surface area (Å²) >= 11 is 0. The van der Waals surface area contributed by atoms with Gasteiger partial charge in [0, 0.05) is 32.1 Å². The fourth-order valence-corrected chi connectivity index (χ4v) is 3.69. The van der Waals surface area contributed by atoms with E-state index in [0.29, 0.717) is 38.5 Å². The lowest BCUT2D eigenvalue weighted by Gasteiger charge is -2.22. The maximum Gasteiger partial charge on any atom is 0.291 e. The van der Waals surface area contributed by atoms with Crippen molar-refractivity contribution in [1.82, 2.24) is 45.5 Å². The van der Waals surface area contributed by atoms with Crippen LogP contribution in [0.15, 0.2) is 43.0 Å². The first-order chi connectivity index (χ1) is 15.7. The van der Waals surface area contributed by atoms with Crippen molar-refractivity contribution < 1.29 is 9.59 Å². The van der Waals surface area contributed by atoms with Crippen LogP contribution in [-0.2, 0) is 4.79 Å². The van der Waals surface area contributed by atoms with Gasteiger partial charge in [-0.3, -0.25) is 19.3 Å². The van der Waals surface area contributed by atoms with Gasteiger partial charge in [0.05, 0.1) is 0 Å². The third-order valence-electron chi connectivity index (χ3n) is 5.38. The molecule has 0 saturated carbocycles. The van der Waals surface area contributed by atoms with Crippen molar-refractivity contribution in [3.05, 3.63) is 54.4 Å². The molecule has 1 atom stereocenters. The number of H-pyrrole nitrogens is 1. The van der Waals surface area contributed by atoms with E-state index < -0.39 is 0 Å². The Hall–Kier alpha value is -3.60. The molecule has 1 aromatic carbocycles. The van der Waals surface area contributed by atoms with Crippen molar-refractivity contribution in [2.24, 2.45) is 0 Å². The number of nitrogens with one attached hydrogen (secondary N) is 3. The highest BCUT2D eigenvalue weighted by Gasteiger charge is 2.21. The van der Waals surface area contributed by atoms with Crippen LogP contribution in [0.5, 0.6) is 0 Å². The van der Waals surface area contributed by atoms with E-state index in [2.05, 4.69) is 36.0 Å². The molecule has 0 radical (unpaired) electrons. The Labute approximate surface area is 185 Å². The van der Waals surface area contributed by atoms with Gasteiger partial charge in [-0.1, -0.05) is 30.3 Å². The zero-order valence-electron chi connectivity index (χ0n) is 17.8. The minimum atomic E-state index is -0.199. The summed E-state index contributed by atoms with van der Waals surface area (Å²) in [4.78, 5) is 31.5. The van der Waals surface area contributed by atoms with E-state index in [1.54, 1.807) is 4.90 Å². The number of carbonyl (C=O) groups is 2. The van der Waals surface area contributed by atoms with Crippen molar-refractivity contribution in [2.45, 2.75) is 31.7 Å². The third kappa shape index (κ3) is 5.55. The van der Waals surface area contributed by atoms with Crippen LogP contribution in [0.1, 0.15) is 47.9 Å². The standard InChI is InChI=1S/C21H27N9O2/c31-18-13-17(16-7-2-1-3-8-16)22-10-6-12-29(11-5-4-9-23-18)20(32)19-26-21(28-27-19)30-14-24-25-15-30/h1-3,7-8,14-15,17,22H,4-6,9-13H2,(H,23,31)(H,26,27,28). The van der Waals surface area contributed by atoms with Crippen LogP contribution in [0.2, 0.25) is 0 Å². The van der Waals surface area contributed by atoms with Gasteiger partial charge in [0.2, 0.25) is 11.7 Å². The van der Waals surface area contributed by atoms with Gasteiger partial charge in [-0.2, -0.15) is 4.98 Å². The van der Waals surface area contributed by atoms with Gasteiger partial charge in [0.25, 0.3) is 11.9 Å². The minimum Gasteiger partial charge on any atom is -0.356 e. The van der Waals surface area contributed by atoms with E-state index in [0.717, 1.165) is 24.8 Å². The first-order valence-electron chi connectivity index (χ1n) is 10.8. The zero-order chi connectivity index (χ0) is 22.2. The van der Waals surface area contributed by atoms with Crippen LogP contribution >= 0.6 is 0 Å². The molecule has 2 aromatic heterocycles. The summed E-state index contributed by atoms with van der Waals surface area (Å²) in [5, 5.41) is 20.7. The second-order valence-electron chi connectivity index (χ2n) is 7.68. The molecule has 0 aliphatic carbocycles. The summed E-state index contributed by atoms with van der Waals surface area (Å²) in [7, 11) is 0. The lowest BCUT2D eigenvalue weighted by molar-refractivity contribution is -0.121. The van der Waals surface area contributed by atoms with Crippen LogP contribution in [0.4, 0.5) is 0 Å². The second-order valence-corrected chi connectivity index (χ2v) is 7.68. The Morgan fingerprint density at radius 2 is 1.78 bits per heavy atom. The van der Waals surface area contributed by atoms with E-state index in [-0.39, 0.29) is 23.7 Å². The molecule has 3 heterocycles. The Bertz CT molecular complexity index is 1000. The summed E-state index contributed by atoms with van der Waals surface area (Å²) in [6.07, 6.45) is 5.66. The van der Waals surface area contributed by atoms with Crippen LogP contribution in [-0.4, -0.2) is 72.8 Å². The molecule has 168 valence electrons. The largest absolute Gasteiger partial charge is 0.356 e. The second kappa shape index (κ2) is 10.6. The van der Waals surface area contributed by atoms with Gasteiger partial charge in [-0.05, 0) is 31.4 Å². The van der Waals surface area contributed by atoms with Gasteiger partial charge in [-0.25, -0.2) is 0 Å². The molecule has 11 nitrogen and oxygen atoms in total. The summed E-state index contributed by atoms with van der Waals surface area (Å²) in [5.41, 5.74) is 1.08. The number of aromatic amines is 1. The summed E-state index contributed by atoms with van der Waals surface area (Å²) in [6, 6.07) is 9.89. The normalized spacial score (nSPS) is 18.8. The maximum absolute atomic E-state index is 13.1. The van der Waals surface area contributed by atoms with Crippen molar-refractivity contribution in [2.75, 3.05) is 26.2 Å². The molecule has 3 aromatic rings. The fourth-order valence-electron chi connectivity index (χ4n) is 3.69. The van der Waals surface area contributed by atoms with Gasteiger partial charge < -0.3 is 15.5 Å². The predicted molar refractivity (Wildman–Crippen MR) is 116 cm³/mol. The Balaban J connectivity index is 1.42. The van der Waals surface area contributed by atoms with Gasteiger partial charge in [0.15, 0.2) is 0 Å². The highest BCUT2D eigenvalue weighted by molar-refractivity contribution is 5.90. The van der Waals surface area contributed by atoms with Crippen molar-refractivity contribution >= 4 is 11.8 Å². The first-order valence-corrected chi connectivity index (χ1v) is 10.8. The molecule has 2 amide bonds. The fraction of sp³-hybridized carbons (Fsp3) is 0.429. The molecule has 1 unspecified atom stereocenters. The zero-order valence-corrected chi connectivity index (χ0v) is 17.8. The highest BCUT2D eigenvalue weighted by Crippen LogP contribution is 2.17. The SMILES string of the molecule is O=C1CC(c2ccccc2)NCCCN(C(=O)c2nc(-n3cnnc3)n[nH]2)CCCCN1. The lowest BCUT2D eigenvalue weighted by atomic mass is 10.0. The van der Waals surface area contributed by atoms with Crippen LogP contribution < -0.4 is 10.6 Å². The average Bonchev–Trinajstić information content (AvgIpc) is 3.51. The smallest absolute Gasteiger partial charge is 0.291 e. The van der Waals surface area contributed by atoms with E-state index in [4.69, 9.17) is 0 Å². The van der Waals surface area contributed by atoms with E-state index in [1.807, 2.05) is 30.3 Å². The molecular weight excluding hydrogens is 410 g/mol. The summed E-state index contributed by atoms with van der Waals surface area (Å²) in [6.45, 7) is 2.43. The molecule has 1 saturated heterocycles. The summed E-state index contributed by atoms with van der Waals surface area (Å²) < 4.78 is 1.53. The van der Waals surface area contributed by atoms with E-state index in [1.165, 1.54) is 17.2 Å². The summed E-state index contributed by atoms with van der Waals surface area (Å²) in [5.74, 6) is 0.331. The van der Waals surface area contributed by atoms with Crippen molar-refractivity contribution in [3.63, 3.8) is 0 Å². The Kier molecular flexibility index (Phi) is 7.18. The third-order valence-corrected chi connectivity index (χ3v) is 5.38. The number of hydrogen-bond donors (Lipinski definition) is 3. The predicted octanol–water partition coefficient (Wildman–Crippen LogP) is 0.849. The lowest BCUT2D eigenvalue weighted by Crippen LogP contribution is -2.35. The van der Waals surface area contributed by atoms with Crippen molar-refractivity contribution in [1.29, 1.82) is 0 Å². The van der Waals surface area contributed by atoms with Crippen LogP contribution in [0.3, 0.4) is 0 Å².